The molecule has 6 heteroatoms. The average Bonchev–Trinajstić information content (AvgIpc) is 2.44. The molecule has 0 aliphatic heterocycles. The summed E-state index contributed by atoms with van der Waals surface area (Å²) in [6.45, 7) is -2.97. The van der Waals surface area contributed by atoms with Gasteiger partial charge >= 0.3 is 6.61 Å². The molecule has 0 aliphatic carbocycles. The molecule has 0 aromatic heterocycles. The molecule has 0 saturated carbocycles. The summed E-state index contributed by atoms with van der Waals surface area (Å²) in [6, 6.07) is 10.4. The van der Waals surface area contributed by atoms with Gasteiger partial charge in [0, 0.05) is 12.0 Å². The van der Waals surface area contributed by atoms with Gasteiger partial charge in [0.1, 0.15) is 11.6 Å². The number of hydrogen-bond donors (Lipinski definition) is 1. The molecule has 0 spiro atoms. The van der Waals surface area contributed by atoms with E-state index in [1.165, 1.54) is 30.3 Å². The summed E-state index contributed by atoms with van der Waals surface area (Å²) in [5, 5.41) is 10.2. The Morgan fingerprint density at radius 3 is 2.52 bits per heavy atom. The smallest absolute Gasteiger partial charge is 0.387 e. The van der Waals surface area contributed by atoms with Crippen LogP contribution in [0.25, 0.3) is 0 Å². The van der Waals surface area contributed by atoms with Crippen LogP contribution in [0.4, 0.5) is 13.2 Å². The fraction of sp³-hybridized carbons (Fsp3) is 0.200. The van der Waals surface area contributed by atoms with Crippen molar-refractivity contribution >= 4 is 15.9 Å². The van der Waals surface area contributed by atoms with E-state index in [4.69, 9.17) is 0 Å². The second-order valence-electron chi connectivity index (χ2n) is 4.35. The van der Waals surface area contributed by atoms with Crippen molar-refractivity contribution in [2.75, 3.05) is 0 Å². The van der Waals surface area contributed by atoms with Gasteiger partial charge in [0.25, 0.3) is 0 Å². The highest BCUT2D eigenvalue weighted by Crippen LogP contribution is 2.31. The van der Waals surface area contributed by atoms with Crippen molar-refractivity contribution in [3.63, 3.8) is 0 Å². The molecule has 1 N–H and O–H groups in total. The molecule has 0 amide bonds. The highest BCUT2D eigenvalue weighted by Gasteiger charge is 2.18. The Kier molecular flexibility index (Phi) is 5.25. The quantitative estimate of drug-likeness (QED) is 0.852. The van der Waals surface area contributed by atoms with Crippen molar-refractivity contribution in [3.05, 3.63) is 63.9 Å². The van der Waals surface area contributed by atoms with Crippen LogP contribution in [-0.2, 0) is 6.42 Å². The van der Waals surface area contributed by atoms with E-state index < -0.39 is 18.5 Å². The van der Waals surface area contributed by atoms with Gasteiger partial charge in [-0.15, -0.1) is 0 Å². The molecule has 2 aromatic rings. The summed E-state index contributed by atoms with van der Waals surface area (Å²) in [5.74, 6) is -0.538. The summed E-state index contributed by atoms with van der Waals surface area (Å²) in [6.07, 6.45) is -1.01. The van der Waals surface area contributed by atoms with Crippen molar-refractivity contribution in [1.29, 1.82) is 0 Å². The molecule has 112 valence electrons. The normalized spacial score (nSPS) is 12.5. The zero-order valence-electron chi connectivity index (χ0n) is 10.8. The fourth-order valence-corrected chi connectivity index (χ4v) is 2.41. The zero-order valence-corrected chi connectivity index (χ0v) is 12.4. The SMILES string of the molecule is OC(Cc1cccc(F)c1Br)c1ccccc1OC(F)F. The van der Waals surface area contributed by atoms with Gasteiger partial charge in [-0.05, 0) is 33.6 Å². The van der Waals surface area contributed by atoms with Crippen LogP contribution < -0.4 is 4.74 Å². The van der Waals surface area contributed by atoms with E-state index in [0.29, 0.717) is 5.56 Å². The third-order valence-corrected chi connectivity index (χ3v) is 3.83. The minimum atomic E-state index is -2.97. The molecule has 2 rings (SSSR count). The number of rotatable bonds is 5. The second kappa shape index (κ2) is 6.95. The van der Waals surface area contributed by atoms with E-state index in [-0.39, 0.29) is 22.2 Å². The van der Waals surface area contributed by atoms with Gasteiger partial charge in [0.2, 0.25) is 0 Å². The van der Waals surface area contributed by atoms with E-state index in [2.05, 4.69) is 20.7 Å². The van der Waals surface area contributed by atoms with Gasteiger partial charge in [-0.3, -0.25) is 0 Å². The maximum Gasteiger partial charge on any atom is 0.387 e. The monoisotopic (exact) mass is 360 g/mol. The van der Waals surface area contributed by atoms with Crippen molar-refractivity contribution in [2.24, 2.45) is 0 Å². The predicted octanol–water partition coefficient (Wildman–Crippen LogP) is 4.47. The molecule has 0 radical (unpaired) electrons. The highest BCUT2D eigenvalue weighted by molar-refractivity contribution is 9.10. The van der Waals surface area contributed by atoms with Crippen LogP contribution >= 0.6 is 15.9 Å². The van der Waals surface area contributed by atoms with Crippen LogP contribution in [-0.4, -0.2) is 11.7 Å². The third kappa shape index (κ3) is 3.98. The molecule has 0 fully saturated rings. The number of para-hydroxylation sites is 1. The van der Waals surface area contributed by atoms with Crippen LogP contribution in [0.1, 0.15) is 17.2 Å². The van der Waals surface area contributed by atoms with Crippen LogP contribution in [0.5, 0.6) is 5.75 Å². The van der Waals surface area contributed by atoms with E-state index in [1.54, 1.807) is 12.1 Å². The lowest BCUT2D eigenvalue weighted by Gasteiger charge is -2.16. The minimum Gasteiger partial charge on any atom is -0.434 e. The molecule has 2 nitrogen and oxygen atoms in total. The van der Waals surface area contributed by atoms with Gasteiger partial charge in [-0.2, -0.15) is 8.78 Å². The lowest BCUT2D eigenvalue weighted by Crippen LogP contribution is -2.09. The fourth-order valence-electron chi connectivity index (χ4n) is 1.98. The standard InChI is InChI=1S/C15H12BrF3O2/c16-14-9(4-3-6-11(14)17)8-12(20)10-5-1-2-7-13(10)21-15(18)19/h1-7,12,15,20H,8H2. The number of alkyl halides is 2. The van der Waals surface area contributed by atoms with E-state index in [0.717, 1.165) is 0 Å². The van der Waals surface area contributed by atoms with Gasteiger partial charge in [0.05, 0.1) is 10.6 Å². The molecule has 0 aliphatic rings. The molecule has 2 aromatic carbocycles. The largest absolute Gasteiger partial charge is 0.434 e. The zero-order chi connectivity index (χ0) is 15.4. The Labute approximate surface area is 128 Å². The first-order valence-electron chi connectivity index (χ1n) is 6.13. The van der Waals surface area contributed by atoms with Crippen molar-refractivity contribution in [1.82, 2.24) is 0 Å². The molecule has 0 heterocycles. The molecule has 1 unspecified atom stereocenters. The van der Waals surface area contributed by atoms with Crippen LogP contribution in [0.2, 0.25) is 0 Å². The Morgan fingerprint density at radius 2 is 1.81 bits per heavy atom. The molecular formula is C15H12BrF3O2. The van der Waals surface area contributed by atoms with Crippen molar-refractivity contribution in [3.8, 4) is 5.75 Å². The predicted molar refractivity (Wildman–Crippen MR) is 75.8 cm³/mol. The third-order valence-electron chi connectivity index (χ3n) is 2.94. The molecular weight excluding hydrogens is 349 g/mol. The van der Waals surface area contributed by atoms with Gasteiger partial charge < -0.3 is 9.84 Å². The summed E-state index contributed by atoms with van der Waals surface area (Å²) >= 11 is 3.10. The highest BCUT2D eigenvalue weighted by atomic mass is 79.9. The molecule has 1 atom stereocenters. The summed E-state index contributed by atoms with van der Waals surface area (Å²) < 4.78 is 42.8. The number of benzene rings is 2. The van der Waals surface area contributed by atoms with Crippen LogP contribution in [0.15, 0.2) is 46.9 Å². The summed E-state index contributed by atoms with van der Waals surface area (Å²) in [5.41, 5.74) is 0.767. The van der Waals surface area contributed by atoms with E-state index in [9.17, 15) is 18.3 Å². The number of halogens is 4. The van der Waals surface area contributed by atoms with E-state index in [1.807, 2.05) is 0 Å². The lowest BCUT2D eigenvalue weighted by atomic mass is 10.0. The van der Waals surface area contributed by atoms with Crippen LogP contribution in [0, 0.1) is 5.82 Å². The topological polar surface area (TPSA) is 29.5 Å². The number of ether oxygens (including phenoxy) is 1. The first-order chi connectivity index (χ1) is 9.99. The summed E-state index contributed by atoms with van der Waals surface area (Å²) in [7, 11) is 0. The maximum atomic E-state index is 13.4. The Morgan fingerprint density at radius 1 is 1.10 bits per heavy atom. The maximum absolute atomic E-state index is 13.4. The minimum absolute atomic E-state index is 0.0714. The first-order valence-corrected chi connectivity index (χ1v) is 6.93. The van der Waals surface area contributed by atoms with E-state index >= 15 is 0 Å². The van der Waals surface area contributed by atoms with Crippen LogP contribution in [0.3, 0.4) is 0 Å². The lowest BCUT2D eigenvalue weighted by molar-refractivity contribution is -0.0515. The van der Waals surface area contributed by atoms with Gasteiger partial charge in [-0.25, -0.2) is 4.39 Å². The van der Waals surface area contributed by atoms with Crippen molar-refractivity contribution in [2.45, 2.75) is 19.1 Å². The Balaban J connectivity index is 2.24. The average molecular weight is 361 g/mol. The molecule has 21 heavy (non-hydrogen) atoms. The number of hydrogen-bond acceptors (Lipinski definition) is 2. The van der Waals surface area contributed by atoms with Crippen molar-refractivity contribution < 1.29 is 23.0 Å². The number of aliphatic hydroxyl groups is 1. The Bertz CT molecular complexity index is 620. The number of aliphatic hydroxyl groups excluding tert-OH is 1. The van der Waals surface area contributed by atoms with Gasteiger partial charge in [-0.1, -0.05) is 30.3 Å². The Hall–Kier alpha value is -1.53. The second-order valence-corrected chi connectivity index (χ2v) is 5.14. The molecule has 0 bridgehead atoms. The van der Waals surface area contributed by atoms with Gasteiger partial charge in [0.15, 0.2) is 0 Å². The molecule has 0 saturated heterocycles. The first kappa shape index (κ1) is 15.9. The summed E-state index contributed by atoms with van der Waals surface area (Å²) in [4.78, 5) is 0.